The second-order valence-corrected chi connectivity index (χ2v) is 6.86. The van der Waals surface area contributed by atoms with E-state index >= 15 is 0 Å². The quantitative estimate of drug-likeness (QED) is 0.871. The van der Waals surface area contributed by atoms with E-state index in [9.17, 15) is 4.79 Å². The van der Waals surface area contributed by atoms with Gasteiger partial charge < -0.3 is 10.6 Å². The van der Waals surface area contributed by atoms with Crippen LogP contribution in [0.2, 0.25) is 5.02 Å². The van der Waals surface area contributed by atoms with Crippen molar-refractivity contribution in [2.24, 2.45) is 11.8 Å². The highest BCUT2D eigenvalue weighted by molar-refractivity contribution is 6.30. The number of rotatable bonds is 5. The maximum Gasteiger partial charge on any atom is 0.225 e. The van der Waals surface area contributed by atoms with Gasteiger partial charge in [-0.1, -0.05) is 24.6 Å². The zero-order chi connectivity index (χ0) is 16.9. The van der Waals surface area contributed by atoms with Crippen LogP contribution >= 0.6 is 11.6 Å². The van der Waals surface area contributed by atoms with Gasteiger partial charge in [-0.25, -0.2) is 4.68 Å². The minimum Gasteiger partial charge on any atom is -0.317 e. The number of nitrogens with one attached hydrogen (secondary N) is 2. The van der Waals surface area contributed by atoms with Gasteiger partial charge >= 0.3 is 0 Å². The van der Waals surface area contributed by atoms with Gasteiger partial charge in [0.1, 0.15) is 5.82 Å². The second kappa shape index (κ2) is 7.81. The SMILES string of the molecule is CC(CC(=O)Nc1ccnn1-c1cccc(Cl)c1)C1CCNCC1. The third-order valence-corrected chi connectivity index (χ3v) is 4.89. The number of benzene rings is 1. The first-order valence-corrected chi connectivity index (χ1v) is 8.82. The number of nitrogens with zero attached hydrogens (tertiary/aromatic N) is 2. The van der Waals surface area contributed by atoms with Crippen molar-refractivity contribution in [3.8, 4) is 5.69 Å². The first-order valence-electron chi connectivity index (χ1n) is 8.44. The molecule has 128 valence electrons. The lowest BCUT2D eigenvalue weighted by molar-refractivity contribution is -0.117. The Labute approximate surface area is 147 Å². The summed E-state index contributed by atoms with van der Waals surface area (Å²) in [6, 6.07) is 9.21. The Kier molecular flexibility index (Phi) is 5.53. The molecular formula is C18H23ClN4O. The van der Waals surface area contributed by atoms with Gasteiger partial charge in [0, 0.05) is 17.5 Å². The summed E-state index contributed by atoms with van der Waals surface area (Å²) >= 11 is 6.04. The molecule has 6 heteroatoms. The van der Waals surface area contributed by atoms with E-state index in [1.807, 2.05) is 24.3 Å². The molecule has 1 aliphatic heterocycles. The Balaban J connectivity index is 1.64. The molecule has 5 nitrogen and oxygen atoms in total. The molecule has 0 spiro atoms. The van der Waals surface area contributed by atoms with E-state index in [1.165, 1.54) is 0 Å². The smallest absolute Gasteiger partial charge is 0.225 e. The molecular weight excluding hydrogens is 324 g/mol. The summed E-state index contributed by atoms with van der Waals surface area (Å²) in [6.45, 7) is 4.28. The summed E-state index contributed by atoms with van der Waals surface area (Å²) in [5.74, 6) is 1.70. The minimum atomic E-state index is 0.0322. The van der Waals surface area contributed by atoms with Crippen LogP contribution in [0.25, 0.3) is 5.69 Å². The Morgan fingerprint density at radius 2 is 2.21 bits per heavy atom. The molecule has 2 N–H and O–H groups in total. The molecule has 1 aliphatic rings. The average Bonchev–Trinajstić information content (AvgIpc) is 3.03. The Hall–Kier alpha value is -1.85. The fraction of sp³-hybridized carbons (Fsp3) is 0.444. The van der Waals surface area contributed by atoms with Crippen LogP contribution in [0.5, 0.6) is 0 Å². The summed E-state index contributed by atoms with van der Waals surface area (Å²) in [4.78, 5) is 12.4. The highest BCUT2D eigenvalue weighted by Gasteiger charge is 2.22. The molecule has 1 saturated heterocycles. The molecule has 0 bridgehead atoms. The van der Waals surface area contributed by atoms with E-state index in [1.54, 1.807) is 16.9 Å². The Morgan fingerprint density at radius 1 is 1.42 bits per heavy atom. The normalized spacial score (nSPS) is 16.8. The lowest BCUT2D eigenvalue weighted by Gasteiger charge is -2.27. The molecule has 2 heterocycles. The Morgan fingerprint density at radius 3 is 2.96 bits per heavy atom. The highest BCUT2D eigenvalue weighted by Crippen LogP contribution is 2.25. The van der Waals surface area contributed by atoms with Crippen LogP contribution in [0, 0.1) is 11.8 Å². The zero-order valence-corrected chi connectivity index (χ0v) is 14.6. The first kappa shape index (κ1) is 17.0. The lowest BCUT2D eigenvalue weighted by Crippen LogP contribution is -2.32. The molecule has 0 saturated carbocycles. The molecule has 1 unspecified atom stereocenters. The number of hydrogen-bond donors (Lipinski definition) is 2. The van der Waals surface area contributed by atoms with Gasteiger partial charge in [-0.2, -0.15) is 5.10 Å². The summed E-state index contributed by atoms with van der Waals surface area (Å²) in [7, 11) is 0. The van der Waals surface area contributed by atoms with E-state index in [4.69, 9.17) is 11.6 Å². The number of aromatic nitrogens is 2. The van der Waals surface area contributed by atoms with Crippen molar-refractivity contribution in [2.45, 2.75) is 26.2 Å². The number of halogens is 1. The van der Waals surface area contributed by atoms with Crippen LogP contribution in [0.15, 0.2) is 36.5 Å². The maximum absolute atomic E-state index is 12.4. The average molecular weight is 347 g/mol. The van der Waals surface area contributed by atoms with Crippen LogP contribution in [0.1, 0.15) is 26.2 Å². The van der Waals surface area contributed by atoms with Gasteiger partial charge in [-0.05, 0) is 56.0 Å². The number of anilines is 1. The standard InChI is InChI=1S/C18H23ClN4O/c1-13(14-5-8-20-9-6-14)11-18(24)22-17-7-10-21-23(17)16-4-2-3-15(19)12-16/h2-4,7,10,12-14,20H,5-6,8-9,11H2,1H3,(H,22,24). The molecule has 1 fully saturated rings. The summed E-state index contributed by atoms with van der Waals surface area (Å²) in [5.41, 5.74) is 0.828. The summed E-state index contributed by atoms with van der Waals surface area (Å²) in [5, 5.41) is 11.3. The Bertz CT molecular complexity index is 694. The minimum absolute atomic E-state index is 0.0322. The van der Waals surface area contributed by atoms with Crippen LogP contribution < -0.4 is 10.6 Å². The van der Waals surface area contributed by atoms with Gasteiger partial charge in [-0.3, -0.25) is 4.79 Å². The largest absolute Gasteiger partial charge is 0.317 e. The van der Waals surface area contributed by atoms with Crippen molar-refractivity contribution in [3.05, 3.63) is 41.6 Å². The van der Waals surface area contributed by atoms with E-state index in [0.29, 0.717) is 29.1 Å². The first-order chi connectivity index (χ1) is 11.6. The monoisotopic (exact) mass is 346 g/mol. The van der Waals surface area contributed by atoms with Gasteiger partial charge in [-0.15, -0.1) is 0 Å². The number of carbonyl (C=O) groups is 1. The zero-order valence-electron chi connectivity index (χ0n) is 13.8. The summed E-state index contributed by atoms with van der Waals surface area (Å²) < 4.78 is 1.69. The van der Waals surface area contributed by atoms with Crippen molar-refractivity contribution in [1.29, 1.82) is 0 Å². The molecule has 1 aromatic carbocycles. The summed E-state index contributed by atoms with van der Waals surface area (Å²) in [6.07, 6.45) is 4.50. The second-order valence-electron chi connectivity index (χ2n) is 6.43. The molecule has 2 aromatic rings. The third kappa shape index (κ3) is 4.16. The molecule has 3 rings (SSSR count). The number of piperidine rings is 1. The van der Waals surface area contributed by atoms with E-state index < -0.39 is 0 Å². The van der Waals surface area contributed by atoms with Crippen LogP contribution in [-0.2, 0) is 4.79 Å². The molecule has 1 amide bonds. The van der Waals surface area contributed by atoms with Crippen molar-refractivity contribution >= 4 is 23.3 Å². The van der Waals surface area contributed by atoms with Crippen molar-refractivity contribution < 1.29 is 4.79 Å². The fourth-order valence-corrected chi connectivity index (χ4v) is 3.46. The molecule has 24 heavy (non-hydrogen) atoms. The highest BCUT2D eigenvalue weighted by atomic mass is 35.5. The van der Waals surface area contributed by atoms with Crippen LogP contribution in [0.3, 0.4) is 0 Å². The fourth-order valence-electron chi connectivity index (χ4n) is 3.28. The maximum atomic E-state index is 12.4. The molecule has 0 radical (unpaired) electrons. The number of carbonyl (C=O) groups excluding carboxylic acids is 1. The number of amides is 1. The van der Waals surface area contributed by atoms with Crippen molar-refractivity contribution in [3.63, 3.8) is 0 Å². The predicted octanol–water partition coefficient (Wildman–Crippen LogP) is 3.49. The third-order valence-electron chi connectivity index (χ3n) is 4.66. The van der Waals surface area contributed by atoms with Crippen LogP contribution in [0.4, 0.5) is 5.82 Å². The van der Waals surface area contributed by atoms with Crippen LogP contribution in [-0.4, -0.2) is 28.8 Å². The van der Waals surface area contributed by atoms with Crippen molar-refractivity contribution in [2.75, 3.05) is 18.4 Å². The van der Waals surface area contributed by atoms with Crippen molar-refractivity contribution in [1.82, 2.24) is 15.1 Å². The number of hydrogen-bond acceptors (Lipinski definition) is 3. The molecule has 1 atom stereocenters. The van der Waals surface area contributed by atoms with E-state index in [2.05, 4.69) is 22.7 Å². The lowest BCUT2D eigenvalue weighted by atomic mass is 9.84. The van der Waals surface area contributed by atoms with Gasteiger partial charge in [0.25, 0.3) is 0 Å². The van der Waals surface area contributed by atoms with Gasteiger partial charge in [0.05, 0.1) is 11.9 Å². The molecule has 1 aromatic heterocycles. The van der Waals surface area contributed by atoms with E-state index in [0.717, 1.165) is 31.6 Å². The topological polar surface area (TPSA) is 59.0 Å². The van der Waals surface area contributed by atoms with Gasteiger partial charge in [0.2, 0.25) is 5.91 Å². The van der Waals surface area contributed by atoms with Gasteiger partial charge in [0.15, 0.2) is 0 Å². The molecule has 0 aliphatic carbocycles. The predicted molar refractivity (Wildman–Crippen MR) is 96.6 cm³/mol. The van der Waals surface area contributed by atoms with E-state index in [-0.39, 0.29) is 5.91 Å².